The van der Waals surface area contributed by atoms with Gasteiger partial charge in [-0.05, 0) is 141 Å². The molecule has 2 bridgehead atoms. The van der Waals surface area contributed by atoms with Gasteiger partial charge in [0.15, 0.2) is 17.5 Å². The number of allylic oxidation sites excluding steroid dienone is 8. The molecule has 3 aliphatic carbocycles. The standard InChI is InChI=1S/C86H123NO21/c1-11-13-15-17-19-21-23-25-27-29-31-33-35-37-45-51-68(90)100-57-64(103-70(92)52-46-38-36-34-32-30-28-26-24-22-20-18-16-14-12-2)58-101-69(91)53-54-71(93)105-75(73(62-47-41-39-42-48-62)87-81(98)108-82(5,6)7)80(97)104-65-56-86(99)78(106-79(96)63-49-43-40-44-50-63)76-84(10,77(95)74(94)72(60(65)3)83(86,8)9)66(89)55-67-85(76,59-102-67)107-61(4)88/h19-22,25-28,39-44,47-50,64-67,73-76,78,89,94,99H,11-18,23-24,29-38,45-46,51-59H2,1-10H3,(H,87,98)/b21-19-,22-20-,27-25-,28-26-/t64?,65-,66-,67+,73-,74+,75+,76-,78-,84+,85-,86+/m0/s1. The monoisotopic (exact) mass is 1510 g/mol. The first-order chi connectivity index (χ1) is 51.5. The van der Waals surface area contributed by atoms with Crippen LogP contribution in [0.5, 0.6) is 0 Å². The molecule has 12 atom stereocenters. The molecule has 0 spiro atoms. The van der Waals surface area contributed by atoms with Gasteiger partial charge in [0.05, 0.1) is 42.4 Å². The summed E-state index contributed by atoms with van der Waals surface area (Å²) in [6.07, 6.45) is 24.7. The summed E-state index contributed by atoms with van der Waals surface area (Å²) in [6, 6.07) is 14.0. The number of carbonyl (C=O) groups is 9. The molecule has 22 heteroatoms. The summed E-state index contributed by atoms with van der Waals surface area (Å²) >= 11 is 0. The van der Waals surface area contributed by atoms with Gasteiger partial charge < -0.3 is 63.3 Å². The number of amides is 1. The molecule has 3 fully saturated rings. The van der Waals surface area contributed by atoms with E-state index in [2.05, 4.69) is 67.8 Å². The lowest BCUT2D eigenvalue weighted by Gasteiger charge is -2.67. The van der Waals surface area contributed by atoms with Gasteiger partial charge in [-0.3, -0.25) is 28.8 Å². The zero-order chi connectivity index (χ0) is 78.9. The maximum Gasteiger partial charge on any atom is 0.408 e. The Bertz CT molecular complexity index is 3390. The lowest BCUT2D eigenvalue weighted by Crippen LogP contribution is -2.81. The molecule has 1 aliphatic heterocycles. The minimum absolute atomic E-state index is 0.0145. The van der Waals surface area contributed by atoms with Gasteiger partial charge >= 0.3 is 47.9 Å². The van der Waals surface area contributed by atoms with Crippen molar-refractivity contribution >= 4 is 53.7 Å². The Labute approximate surface area is 639 Å². The Morgan fingerprint density at radius 1 is 0.630 bits per heavy atom. The maximum atomic E-state index is 15.5. The van der Waals surface area contributed by atoms with E-state index in [-0.39, 0.29) is 48.1 Å². The van der Waals surface area contributed by atoms with Gasteiger partial charge in [-0.25, -0.2) is 14.4 Å². The Morgan fingerprint density at radius 2 is 1.12 bits per heavy atom. The largest absolute Gasteiger partial charge is 0.462 e. The highest BCUT2D eigenvalue weighted by molar-refractivity contribution is 5.94. The second kappa shape index (κ2) is 44.2. The van der Waals surface area contributed by atoms with Crippen molar-refractivity contribution in [1.82, 2.24) is 5.32 Å². The Hall–Kier alpha value is -7.79. The van der Waals surface area contributed by atoms with Crippen molar-refractivity contribution in [3.63, 3.8) is 0 Å². The van der Waals surface area contributed by atoms with Crippen molar-refractivity contribution in [2.45, 2.75) is 315 Å². The molecule has 2 aromatic rings. The first kappa shape index (κ1) is 89.1. The van der Waals surface area contributed by atoms with Crippen LogP contribution in [0, 0.1) is 16.7 Å². The van der Waals surface area contributed by atoms with Crippen molar-refractivity contribution in [1.29, 1.82) is 0 Å². The molecule has 1 amide bonds. The number of unbranched alkanes of at least 4 members (excludes halogenated alkanes) is 16. The van der Waals surface area contributed by atoms with Crippen LogP contribution >= 0.6 is 0 Å². The third-order valence-electron chi connectivity index (χ3n) is 21.2. The molecule has 4 N–H and O–H groups in total. The van der Waals surface area contributed by atoms with E-state index < -0.39 is 168 Å². The van der Waals surface area contributed by atoms with Gasteiger partial charge in [0, 0.05) is 38.0 Å². The second-order valence-electron chi connectivity index (χ2n) is 31.0. The van der Waals surface area contributed by atoms with E-state index in [1.807, 2.05) is 0 Å². The third kappa shape index (κ3) is 25.9. The van der Waals surface area contributed by atoms with Crippen molar-refractivity contribution in [2.24, 2.45) is 16.7 Å². The van der Waals surface area contributed by atoms with Crippen molar-refractivity contribution < 1.29 is 101 Å². The highest BCUT2D eigenvalue weighted by Crippen LogP contribution is 2.64. The minimum Gasteiger partial charge on any atom is -0.462 e. The fourth-order valence-corrected chi connectivity index (χ4v) is 15.1. The zero-order valence-electron chi connectivity index (χ0n) is 65.7. The SMILES string of the molecule is CCCCC/C=C\C/C=C\CCCCCCCC(=O)OCC(COC(=O)CCC(=O)O[C@@H](C(=O)O[C@H]1C[C@@]2(O)[C@@H](OC(=O)c3ccccc3)[C@@H]3[C@]4(OC(C)=O)CO[C@@H]4C[C@H](O)[C@@]3(C)C(=O)[C@H](O)C(=C1C)C2(C)C)[C@@H](NC(=O)OC(C)(C)C)c1ccccc1)OC(=O)CCCCCCC/C=C\C/C=C\CCCCC. The average molecular weight is 1510 g/mol. The van der Waals surface area contributed by atoms with Crippen LogP contribution < -0.4 is 5.32 Å². The third-order valence-corrected chi connectivity index (χ3v) is 21.2. The number of rotatable bonds is 45. The predicted molar refractivity (Wildman–Crippen MR) is 407 cm³/mol. The van der Waals surface area contributed by atoms with Crippen LogP contribution in [0.25, 0.3) is 0 Å². The lowest BCUT2D eigenvalue weighted by molar-refractivity contribution is -0.346. The minimum atomic E-state index is -2.53. The summed E-state index contributed by atoms with van der Waals surface area (Å²) < 4.78 is 53.5. The second-order valence-corrected chi connectivity index (χ2v) is 31.0. The van der Waals surface area contributed by atoms with Crippen LogP contribution in [0.15, 0.2) is 120 Å². The van der Waals surface area contributed by atoms with Crippen LogP contribution in [0.3, 0.4) is 0 Å². The number of hydrogen-bond acceptors (Lipinski definition) is 21. The van der Waals surface area contributed by atoms with Gasteiger partial charge in [-0.15, -0.1) is 0 Å². The van der Waals surface area contributed by atoms with Crippen molar-refractivity contribution in [3.8, 4) is 0 Å². The molecule has 598 valence electrons. The highest BCUT2D eigenvalue weighted by atomic mass is 16.6. The number of nitrogens with one attached hydrogen (secondary N) is 1. The normalized spacial score (nSPS) is 24.0. The molecule has 1 saturated heterocycles. The van der Waals surface area contributed by atoms with E-state index in [1.54, 1.807) is 57.2 Å². The average Bonchev–Trinajstić information content (AvgIpc) is 0.670. The van der Waals surface area contributed by atoms with E-state index in [4.69, 9.17) is 42.6 Å². The Kier molecular flexibility index (Phi) is 36.4. The number of carbonyl (C=O) groups excluding carboxylic acids is 9. The van der Waals surface area contributed by atoms with Crippen LogP contribution in [-0.2, 0) is 76.2 Å². The summed E-state index contributed by atoms with van der Waals surface area (Å²) in [5.41, 5.74) is -9.31. The van der Waals surface area contributed by atoms with Crippen LogP contribution in [-0.4, -0.2) is 148 Å². The predicted octanol–water partition coefficient (Wildman–Crippen LogP) is 15.2. The number of alkyl carbamates (subject to hydrolysis) is 1. The first-order valence-electron chi connectivity index (χ1n) is 39.5. The first-order valence-corrected chi connectivity index (χ1v) is 39.5. The van der Waals surface area contributed by atoms with Gasteiger partial charge in [0.25, 0.3) is 0 Å². The van der Waals surface area contributed by atoms with Gasteiger partial charge in [-0.2, -0.15) is 0 Å². The van der Waals surface area contributed by atoms with Gasteiger partial charge in [-0.1, -0.05) is 189 Å². The topological polar surface area (TPSA) is 309 Å². The van der Waals surface area contributed by atoms with E-state index in [9.17, 15) is 48.9 Å². The number of hydrogen-bond donors (Lipinski definition) is 4. The summed E-state index contributed by atoms with van der Waals surface area (Å²) in [5, 5.41) is 41.5. The summed E-state index contributed by atoms with van der Waals surface area (Å²) in [5.74, 6) is -9.04. The number of ketones is 1. The number of ether oxygens (including phenoxy) is 9. The van der Waals surface area contributed by atoms with Crippen LogP contribution in [0.2, 0.25) is 0 Å². The molecule has 0 aromatic heterocycles. The quantitative estimate of drug-likeness (QED) is 0.0207. The molecule has 0 radical (unpaired) electrons. The molecule has 1 unspecified atom stereocenters. The number of esters is 7. The van der Waals surface area contributed by atoms with E-state index in [1.165, 1.54) is 90.5 Å². The number of aliphatic hydroxyl groups is 3. The zero-order valence-corrected chi connectivity index (χ0v) is 65.7. The van der Waals surface area contributed by atoms with E-state index in [0.29, 0.717) is 12.8 Å². The van der Waals surface area contributed by atoms with Crippen molar-refractivity contribution in [2.75, 3.05) is 19.8 Å². The highest BCUT2D eigenvalue weighted by Gasteiger charge is 2.78. The smallest absolute Gasteiger partial charge is 0.408 e. The fourth-order valence-electron chi connectivity index (χ4n) is 15.1. The molecular weight excluding hydrogens is 1380 g/mol. The Balaban J connectivity index is 1.19. The molecule has 108 heavy (non-hydrogen) atoms. The molecule has 6 rings (SSSR count). The summed E-state index contributed by atoms with van der Waals surface area (Å²) in [7, 11) is 0. The molecule has 1 heterocycles. The van der Waals surface area contributed by atoms with E-state index in [0.717, 1.165) is 96.8 Å². The fraction of sp³-hybridized carbons (Fsp3) is 0.640. The maximum absolute atomic E-state index is 15.5. The number of benzene rings is 2. The number of aliphatic hydroxyl groups excluding tert-OH is 2. The molecule has 4 aliphatic rings. The summed E-state index contributed by atoms with van der Waals surface area (Å²) in [4.78, 5) is 127. The lowest BCUT2D eigenvalue weighted by atomic mass is 9.44. The van der Waals surface area contributed by atoms with Gasteiger partial charge in [0.2, 0.25) is 6.10 Å². The molecule has 22 nitrogen and oxygen atoms in total. The molecule has 2 saturated carbocycles. The van der Waals surface area contributed by atoms with Crippen molar-refractivity contribution in [3.05, 3.63) is 132 Å². The number of Topliss-reactive ketones (excluding diaryl/α,β-unsaturated/α-hetero) is 1. The molecular formula is C86H123NO21. The number of fused-ring (bicyclic) bond motifs is 5. The van der Waals surface area contributed by atoms with Crippen LogP contribution in [0.1, 0.15) is 271 Å². The van der Waals surface area contributed by atoms with Crippen LogP contribution in [0.4, 0.5) is 4.79 Å². The van der Waals surface area contributed by atoms with E-state index >= 15 is 9.59 Å². The molecule has 2 aromatic carbocycles. The summed E-state index contributed by atoms with van der Waals surface area (Å²) in [6.45, 7) is 14.8. The van der Waals surface area contributed by atoms with Gasteiger partial charge in [0.1, 0.15) is 54.9 Å². The Morgan fingerprint density at radius 3 is 1.64 bits per heavy atom.